The number of nitro benzene ring substituents is 1. The van der Waals surface area contributed by atoms with Gasteiger partial charge >= 0.3 is 0 Å². The molecule has 2 amide bonds. The van der Waals surface area contributed by atoms with Crippen LogP contribution in [0.2, 0.25) is 0 Å². The van der Waals surface area contributed by atoms with Crippen LogP contribution in [0.4, 0.5) is 5.69 Å². The number of fused-ring (bicyclic) bond motifs is 1. The zero-order chi connectivity index (χ0) is 14.3. The summed E-state index contributed by atoms with van der Waals surface area (Å²) in [7, 11) is 0. The van der Waals surface area contributed by atoms with Crippen LogP contribution in [0.3, 0.4) is 0 Å². The van der Waals surface area contributed by atoms with E-state index in [4.69, 9.17) is 4.84 Å². The van der Waals surface area contributed by atoms with Crippen molar-refractivity contribution < 1.29 is 19.3 Å². The first-order chi connectivity index (χ1) is 9.56. The topological polar surface area (TPSA) is 102 Å². The van der Waals surface area contributed by atoms with Gasteiger partial charge in [-0.1, -0.05) is 6.07 Å². The normalized spacial score (nSPS) is 22.1. The van der Waals surface area contributed by atoms with Gasteiger partial charge in [-0.2, -0.15) is 0 Å². The van der Waals surface area contributed by atoms with E-state index in [1.807, 2.05) is 0 Å². The average molecular weight is 277 g/mol. The molecule has 2 aliphatic heterocycles. The SMILES string of the molecule is O=C1CCC(N2Cc3c(cccc3[N+](=O)[O-])O2)C(=O)N1. The molecule has 1 fully saturated rings. The van der Waals surface area contributed by atoms with E-state index >= 15 is 0 Å². The molecule has 1 N–H and O–H groups in total. The van der Waals surface area contributed by atoms with E-state index in [2.05, 4.69) is 5.32 Å². The van der Waals surface area contributed by atoms with Crippen molar-refractivity contribution in [3.05, 3.63) is 33.9 Å². The van der Waals surface area contributed by atoms with Crippen LogP contribution in [-0.2, 0) is 16.1 Å². The van der Waals surface area contributed by atoms with Gasteiger partial charge in [0.1, 0.15) is 6.04 Å². The summed E-state index contributed by atoms with van der Waals surface area (Å²) in [4.78, 5) is 38.9. The van der Waals surface area contributed by atoms with Gasteiger partial charge in [-0.15, -0.1) is 5.06 Å². The first kappa shape index (κ1) is 12.5. The predicted octanol–water partition coefficient (Wildman–Crippen LogP) is 0.509. The number of hydrogen-bond donors (Lipinski definition) is 1. The zero-order valence-electron chi connectivity index (χ0n) is 10.4. The Morgan fingerprint density at radius 3 is 2.90 bits per heavy atom. The smallest absolute Gasteiger partial charge is 0.277 e. The number of amides is 2. The lowest BCUT2D eigenvalue weighted by atomic mass is 10.1. The Hall–Kier alpha value is -2.48. The third-order valence-electron chi connectivity index (χ3n) is 3.39. The fraction of sp³-hybridized carbons (Fsp3) is 0.333. The van der Waals surface area contributed by atoms with E-state index in [0.29, 0.717) is 17.7 Å². The highest BCUT2D eigenvalue weighted by Gasteiger charge is 2.38. The molecule has 0 spiro atoms. The quantitative estimate of drug-likeness (QED) is 0.480. The molecule has 1 atom stereocenters. The van der Waals surface area contributed by atoms with E-state index in [-0.39, 0.29) is 24.6 Å². The first-order valence-corrected chi connectivity index (χ1v) is 6.11. The Morgan fingerprint density at radius 1 is 1.40 bits per heavy atom. The maximum atomic E-state index is 11.8. The molecule has 0 bridgehead atoms. The van der Waals surface area contributed by atoms with Gasteiger partial charge in [0.25, 0.3) is 5.69 Å². The first-order valence-electron chi connectivity index (χ1n) is 6.11. The Morgan fingerprint density at radius 2 is 2.20 bits per heavy atom. The number of hydrogen-bond acceptors (Lipinski definition) is 6. The molecule has 0 saturated carbocycles. The molecule has 104 valence electrons. The van der Waals surface area contributed by atoms with Crippen molar-refractivity contribution in [3.8, 4) is 5.75 Å². The monoisotopic (exact) mass is 277 g/mol. The largest absolute Gasteiger partial charge is 0.404 e. The molecule has 1 aromatic rings. The Labute approximate surface area is 113 Å². The van der Waals surface area contributed by atoms with Crippen LogP contribution in [0.15, 0.2) is 18.2 Å². The van der Waals surface area contributed by atoms with Crippen molar-refractivity contribution in [2.24, 2.45) is 0 Å². The van der Waals surface area contributed by atoms with E-state index in [1.54, 1.807) is 6.07 Å². The number of imide groups is 1. The van der Waals surface area contributed by atoms with Crippen LogP contribution in [0.25, 0.3) is 0 Å². The molecule has 0 aliphatic carbocycles. The molecule has 3 rings (SSSR count). The molecule has 20 heavy (non-hydrogen) atoms. The van der Waals surface area contributed by atoms with Gasteiger partial charge < -0.3 is 4.84 Å². The maximum Gasteiger partial charge on any atom is 0.277 e. The van der Waals surface area contributed by atoms with Crippen LogP contribution < -0.4 is 10.2 Å². The Kier molecular flexibility index (Phi) is 2.87. The van der Waals surface area contributed by atoms with Crippen LogP contribution in [-0.4, -0.2) is 27.8 Å². The highest BCUT2D eigenvalue weighted by atomic mass is 16.7. The van der Waals surface area contributed by atoms with Crippen molar-refractivity contribution in [2.45, 2.75) is 25.4 Å². The second-order valence-electron chi connectivity index (χ2n) is 4.64. The number of hydroxylamine groups is 2. The van der Waals surface area contributed by atoms with Crippen LogP contribution in [0.1, 0.15) is 18.4 Å². The van der Waals surface area contributed by atoms with Crippen molar-refractivity contribution >= 4 is 17.5 Å². The minimum atomic E-state index is -0.611. The fourth-order valence-electron chi connectivity index (χ4n) is 2.41. The summed E-state index contributed by atoms with van der Waals surface area (Å²) in [6, 6.07) is 3.94. The lowest BCUT2D eigenvalue weighted by Gasteiger charge is -2.27. The van der Waals surface area contributed by atoms with E-state index in [9.17, 15) is 19.7 Å². The molecule has 8 heteroatoms. The summed E-state index contributed by atoms with van der Waals surface area (Å²) in [6.07, 6.45) is 0.571. The van der Waals surface area contributed by atoms with E-state index < -0.39 is 16.9 Å². The number of rotatable bonds is 2. The zero-order valence-corrected chi connectivity index (χ0v) is 10.4. The summed E-state index contributed by atoms with van der Waals surface area (Å²) in [5.41, 5.74) is 0.416. The van der Waals surface area contributed by atoms with Crippen LogP contribution in [0, 0.1) is 10.1 Å². The summed E-state index contributed by atoms with van der Waals surface area (Å²) >= 11 is 0. The van der Waals surface area contributed by atoms with Gasteiger partial charge in [-0.05, 0) is 12.5 Å². The summed E-state index contributed by atoms with van der Waals surface area (Å²) in [5.74, 6) is -0.366. The number of carbonyl (C=O) groups is 2. The van der Waals surface area contributed by atoms with Crippen molar-refractivity contribution in [2.75, 3.05) is 0 Å². The lowest BCUT2D eigenvalue weighted by molar-refractivity contribution is -0.385. The third-order valence-corrected chi connectivity index (χ3v) is 3.39. The molecule has 8 nitrogen and oxygen atoms in total. The van der Waals surface area contributed by atoms with E-state index in [0.717, 1.165) is 0 Å². The highest BCUT2D eigenvalue weighted by molar-refractivity contribution is 6.00. The molecule has 0 aromatic heterocycles. The minimum Gasteiger partial charge on any atom is -0.404 e. The number of nitro groups is 1. The average Bonchev–Trinajstić information content (AvgIpc) is 2.81. The third kappa shape index (κ3) is 1.99. The van der Waals surface area contributed by atoms with Crippen LogP contribution in [0.5, 0.6) is 5.75 Å². The highest BCUT2D eigenvalue weighted by Crippen LogP contribution is 2.36. The molecule has 1 saturated heterocycles. The second-order valence-corrected chi connectivity index (χ2v) is 4.64. The summed E-state index contributed by atoms with van der Waals surface area (Å²) in [6.45, 7) is 0.152. The van der Waals surface area contributed by atoms with Gasteiger partial charge in [0.05, 0.1) is 17.0 Å². The van der Waals surface area contributed by atoms with Crippen molar-refractivity contribution in [3.63, 3.8) is 0 Å². The predicted molar refractivity (Wildman–Crippen MR) is 65.4 cm³/mol. The van der Waals surface area contributed by atoms with Crippen molar-refractivity contribution in [1.29, 1.82) is 0 Å². The molecule has 2 heterocycles. The number of carbonyl (C=O) groups excluding carboxylic acids is 2. The van der Waals surface area contributed by atoms with Gasteiger partial charge in [-0.25, -0.2) is 0 Å². The van der Waals surface area contributed by atoms with Gasteiger partial charge in [0.2, 0.25) is 11.8 Å². The molecule has 1 aromatic carbocycles. The summed E-state index contributed by atoms with van der Waals surface area (Å²) in [5, 5.41) is 14.6. The Balaban J connectivity index is 1.84. The fourth-order valence-corrected chi connectivity index (χ4v) is 2.41. The molecular formula is C12H11N3O5. The van der Waals surface area contributed by atoms with Gasteiger partial charge in [-0.3, -0.25) is 25.0 Å². The number of benzene rings is 1. The second kappa shape index (κ2) is 4.57. The number of piperidine rings is 1. The minimum absolute atomic E-state index is 0.0303. The van der Waals surface area contributed by atoms with Gasteiger partial charge in [0, 0.05) is 12.5 Å². The lowest BCUT2D eigenvalue weighted by Crippen LogP contribution is -2.52. The van der Waals surface area contributed by atoms with E-state index in [1.165, 1.54) is 17.2 Å². The summed E-state index contributed by atoms with van der Waals surface area (Å²) < 4.78 is 0. The van der Waals surface area contributed by atoms with Crippen molar-refractivity contribution in [1.82, 2.24) is 10.4 Å². The Bertz CT molecular complexity index is 615. The molecule has 2 aliphatic rings. The molecular weight excluding hydrogens is 266 g/mol. The number of nitrogens with one attached hydrogen (secondary N) is 1. The maximum absolute atomic E-state index is 11.8. The van der Waals surface area contributed by atoms with Gasteiger partial charge in [0.15, 0.2) is 5.75 Å². The molecule has 1 unspecified atom stereocenters. The molecule has 0 radical (unpaired) electrons. The standard InChI is InChI=1S/C12H11N3O5/c16-11-5-4-9(12(17)13-11)14-6-7-8(15(18)19)2-1-3-10(7)20-14/h1-3,9H,4-6H2,(H,13,16,17). The van der Waals surface area contributed by atoms with Crippen LogP contribution >= 0.6 is 0 Å². The number of nitrogens with zero attached hydrogens (tertiary/aromatic N) is 2.